The number of nitrogens with zero attached hydrogens (tertiary/aromatic N) is 2. The Labute approximate surface area is 98.1 Å². The quantitative estimate of drug-likeness (QED) is 0.876. The largest absolute Gasteiger partial charge is 0.492 e. The van der Waals surface area contributed by atoms with Gasteiger partial charge >= 0.3 is 5.97 Å². The van der Waals surface area contributed by atoms with Crippen molar-refractivity contribution in [1.29, 1.82) is 0 Å². The van der Waals surface area contributed by atoms with E-state index in [1.54, 1.807) is 12.1 Å². The van der Waals surface area contributed by atoms with Crippen LogP contribution in [0.1, 0.15) is 23.0 Å². The molecule has 0 aliphatic rings. The van der Waals surface area contributed by atoms with Crippen molar-refractivity contribution < 1.29 is 14.6 Å². The number of carbonyl (C=O) groups is 1. The number of hydrogen-bond acceptors (Lipinski definition) is 4. The van der Waals surface area contributed by atoms with Crippen LogP contribution >= 0.6 is 0 Å². The number of fused-ring (bicyclic) bond motifs is 1. The lowest BCUT2D eigenvalue weighted by molar-refractivity contribution is 0.0696. The van der Waals surface area contributed by atoms with Crippen LogP contribution in [-0.2, 0) is 0 Å². The van der Waals surface area contributed by atoms with Crippen LogP contribution in [0.15, 0.2) is 18.3 Å². The maximum Gasteiger partial charge on any atom is 0.337 e. The van der Waals surface area contributed by atoms with E-state index in [4.69, 9.17) is 9.84 Å². The van der Waals surface area contributed by atoms with Crippen molar-refractivity contribution >= 4 is 17.0 Å². The summed E-state index contributed by atoms with van der Waals surface area (Å²) in [6, 6.07) is 3.31. The van der Waals surface area contributed by atoms with Crippen LogP contribution in [0.3, 0.4) is 0 Å². The minimum absolute atomic E-state index is 0.144. The van der Waals surface area contributed by atoms with Gasteiger partial charge in [0.05, 0.1) is 17.9 Å². The predicted molar refractivity (Wildman–Crippen MR) is 62.4 cm³/mol. The molecule has 2 aromatic rings. The van der Waals surface area contributed by atoms with Gasteiger partial charge in [0.2, 0.25) is 0 Å². The summed E-state index contributed by atoms with van der Waals surface area (Å²) in [5, 5.41) is 9.55. The Bertz CT molecular complexity index is 581. The number of aromatic carboxylic acids is 1. The first kappa shape index (κ1) is 11.3. The normalized spacial score (nSPS) is 10.5. The van der Waals surface area contributed by atoms with Crippen molar-refractivity contribution in [2.24, 2.45) is 0 Å². The predicted octanol–water partition coefficient (Wildman–Crippen LogP) is 2.04. The van der Waals surface area contributed by atoms with Gasteiger partial charge in [-0.05, 0) is 26.0 Å². The molecule has 0 aliphatic carbocycles. The van der Waals surface area contributed by atoms with Gasteiger partial charge in [0.15, 0.2) is 5.65 Å². The second-order valence-electron chi connectivity index (χ2n) is 3.58. The van der Waals surface area contributed by atoms with Gasteiger partial charge in [0.1, 0.15) is 5.75 Å². The molecule has 0 radical (unpaired) electrons. The molecule has 0 amide bonds. The molecule has 0 spiro atoms. The van der Waals surface area contributed by atoms with Gasteiger partial charge < -0.3 is 9.84 Å². The van der Waals surface area contributed by atoms with E-state index < -0.39 is 5.97 Å². The molecule has 5 heteroatoms. The van der Waals surface area contributed by atoms with E-state index in [1.165, 1.54) is 6.20 Å². The molecule has 2 rings (SSSR count). The maximum absolute atomic E-state index is 10.8. The summed E-state index contributed by atoms with van der Waals surface area (Å²) < 4.78 is 5.41. The summed E-state index contributed by atoms with van der Waals surface area (Å²) in [4.78, 5) is 19.1. The third kappa shape index (κ3) is 2.18. The fourth-order valence-corrected chi connectivity index (χ4v) is 1.55. The zero-order valence-electron chi connectivity index (χ0n) is 9.60. The highest BCUT2D eigenvalue weighted by Crippen LogP contribution is 2.22. The van der Waals surface area contributed by atoms with E-state index in [9.17, 15) is 4.79 Å². The topological polar surface area (TPSA) is 72.3 Å². The van der Waals surface area contributed by atoms with E-state index in [1.807, 2.05) is 13.8 Å². The minimum atomic E-state index is -1.00. The molecule has 0 aliphatic heterocycles. The number of pyridine rings is 2. The Morgan fingerprint density at radius 1 is 1.47 bits per heavy atom. The van der Waals surface area contributed by atoms with E-state index in [2.05, 4.69) is 9.97 Å². The Balaban J connectivity index is 2.59. The standard InChI is InChI=1S/C12H12N2O3/c1-3-17-10-5-8-4-9(12(15)16)6-13-11(8)14-7(10)2/h4-6H,3H2,1-2H3,(H,15,16). The second kappa shape index (κ2) is 4.37. The lowest BCUT2D eigenvalue weighted by Gasteiger charge is -2.07. The van der Waals surface area contributed by atoms with Crippen molar-refractivity contribution in [3.8, 4) is 5.75 Å². The van der Waals surface area contributed by atoms with Crippen molar-refractivity contribution in [2.45, 2.75) is 13.8 Å². The van der Waals surface area contributed by atoms with Crippen LogP contribution in [-0.4, -0.2) is 27.7 Å². The highest BCUT2D eigenvalue weighted by molar-refractivity contribution is 5.91. The molecule has 2 heterocycles. The SMILES string of the molecule is CCOc1cc2cc(C(=O)O)cnc2nc1C. The third-order valence-electron chi connectivity index (χ3n) is 2.36. The zero-order chi connectivity index (χ0) is 12.4. The Morgan fingerprint density at radius 3 is 2.88 bits per heavy atom. The van der Waals surface area contributed by atoms with E-state index in [0.29, 0.717) is 23.4 Å². The number of aryl methyl sites for hydroxylation is 1. The fraction of sp³-hybridized carbons (Fsp3) is 0.250. The lowest BCUT2D eigenvalue weighted by Crippen LogP contribution is -2.00. The molecule has 0 unspecified atom stereocenters. The van der Waals surface area contributed by atoms with E-state index in [0.717, 1.165) is 5.69 Å². The van der Waals surface area contributed by atoms with Crippen LogP contribution in [0.25, 0.3) is 11.0 Å². The summed E-state index contributed by atoms with van der Waals surface area (Å²) >= 11 is 0. The van der Waals surface area contributed by atoms with Gasteiger partial charge in [-0.2, -0.15) is 0 Å². The summed E-state index contributed by atoms with van der Waals surface area (Å²) in [6.45, 7) is 4.26. The van der Waals surface area contributed by atoms with Crippen LogP contribution in [0.4, 0.5) is 0 Å². The molecule has 5 nitrogen and oxygen atoms in total. The molecule has 0 fully saturated rings. The third-order valence-corrected chi connectivity index (χ3v) is 2.36. The molecule has 2 aromatic heterocycles. The van der Waals surface area contributed by atoms with E-state index in [-0.39, 0.29) is 5.56 Å². The number of carboxylic acids is 1. The molecule has 17 heavy (non-hydrogen) atoms. The van der Waals surface area contributed by atoms with E-state index >= 15 is 0 Å². The molecule has 0 atom stereocenters. The van der Waals surface area contributed by atoms with Gasteiger partial charge in [-0.15, -0.1) is 0 Å². The Kier molecular flexibility index (Phi) is 2.91. The molecular weight excluding hydrogens is 220 g/mol. The summed E-state index contributed by atoms with van der Waals surface area (Å²) in [5.74, 6) is -0.345. The summed E-state index contributed by atoms with van der Waals surface area (Å²) in [5.41, 5.74) is 1.41. The van der Waals surface area contributed by atoms with Crippen molar-refractivity contribution in [3.05, 3.63) is 29.6 Å². The minimum Gasteiger partial charge on any atom is -0.492 e. The molecule has 88 valence electrons. The summed E-state index contributed by atoms with van der Waals surface area (Å²) in [7, 11) is 0. The first-order valence-electron chi connectivity index (χ1n) is 5.25. The maximum atomic E-state index is 10.8. The smallest absolute Gasteiger partial charge is 0.337 e. The highest BCUT2D eigenvalue weighted by atomic mass is 16.5. The van der Waals surface area contributed by atoms with Crippen LogP contribution < -0.4 is 4.74 Å². The molecule has 0 saturated heterocycles. The number of carboxylic acid groups (broad SMARTS) is 1. The van der Waals surface area contributed by atoms with Gasteiger partial charge in [-0.3, -0.25) is 0 Å². The zero-order valence-corrected chi connectivity index (χ0v) is 9.60. The van der Waals surface area contributed by atoms with Gasteiger partial charge in [-0.1, -0.05) is 0 Å². The van der Waals surface area contributed by atoms with Crippen LogP contribution in [0.5, 0.6) is 5.75 Å². The van der Waals surface area contributed by atoms with Crippen molar-refractivity contribution in [1.82, 2.24) is 9.97 Å². The number of ether oxygens (including phenoxy) is 1. The molecule has 0 bridgehead atoms. The molecule has 0 saturated carbocycles. The lowest BCUT2D eigenvalue weighted by atomic mass is 10.2. The number of hydrogen-bond donors (Lipinski definition) is 1. The molecule has 0 aromatic carbocycles. The Hall–Kier alpha value is -2.17. The second-order valence-corrected chi connectivity index (χ2v) is 3.58. The van der Waals surface area contributed by atoms with Gasteiger partial charge in [0.25, 0.3) is 0 Å². The average Bonchev–Trinajstić information content (AvgIpc) is 2.29. The average molecular weight is 232 g/mol. The van der Waals surface area contributed by atoms with Crippen molar-refractivity contribution in [3.63, 3.8) is 0 Å². The first-order chi connectivity index (χ1) is 8.11. The monoisotopic (exact) mass is 232 g/mol. The number of aromatic nitrogens is 2. The highest BCUT2D eigenvalue weighted by Gasteiger charge is 2.08. The Morgan fingerprint density at radius 2 is 2.24 bits per heavy atom. The van der Waals surface area contributed by atoms with Crippen molar-refractivity contribution in [2.75, 3.05) is 6.61 Å². The first-order valence-corrected chi connectivity index (χ1v) is 5.25. The van der Waals surface area contributed by atoms with Gasteiger partial charge in [0, 0.05) is 11.6 Å². The van der Waals surface area contributed by atoms with Crippen LogP contribution in [0.2, 0.25) is 0 Å². The van der Waals surface area contributed by atoms with Crippen LogP contribution in [0, 0.1) is 6.92 Å². The number of rotatable bonds is 3. The van der Waals surface area contributed by atoms with Gasteiger partial charge in [-0.25, -0.2) is 14.8 Å². The molecular formula is C12H12N2O3. The summed E-state index contributed by atoms with van der Waals surface area (Å²) in [6.07, 6.45) is 1.30. The fourth-order valence-electron chi connectivity index (χ4n) is 1.55. The molecule has 1 N–H and O–H groups in total.